The third-order valence-electron chi connectivity index (χ3n) is 8.03. The molecule has 0 radical (unpaired) electrons. The van der Waals surface area contributed by atoms with Crippen LogP contribution >= 0.6 is 23.2 Å². The first kappa shape index (κ1) is 23.3. The van der Waals surface area contributed by atoms with Crippen LogP contribution in [-0.4, -0.2) is 28.7 Å². The maximum Gasteiger partial charge on any atom is 0.247 e. The van der Waals surface area contributed by atoms with Crippen molar-refractivity contribution in [1.29, 1.82) is 0 Å². The van der Waals surface area contributed by atoms with Crippen LogP contribution < -0.4 is 5.32 Å². The van der Waals surface area contributed by atoms with Crippen molar-refractivity contribution in [3.05, 3.63) is 100 Å². The molecule has 1 N–H and O–H groups in total. The summed E-state index contributed by atoms with van der Waals surface area (Å²) in [6.07, 6.45) is 0. The molecular weight excluding hydrogens is 495 g/mol. The number of halogens is 2. The van der Waals surface area contributed by atoms with E-state index < -0.39 is 45.3 Å². The van der Waals surface area contributed by atoms with Crippen LogP contribution in [0.5, 0.6) is 0 Å². The van der Waals surface area contributed by atoms with Gasteiger partial charge in [-0.2, -0.15) is 0 Å². The minimum atomic E-state index is -1.26. The molecule has 0 spiro atoms. The van der Waals surface area contributed by atoms with Gasteiger partial charge in [0.1, 0.15) is 15.8 Å². The van der Waals surface area contributed by atoms with Crippen LogP contribution in [0.15, 0.2) is 66.7 Å². The molecule has 2 bridgehead atoms. The lowest BCUT2D eigenvalue weighted by Gasteiger charge is -2.54. The fourth-order valence-corrected chi connectivity index (χ4v) is 7.48. The number of hydrogen-bond acceptors (Lipinski definition) is 3. The van der Waals surface area contributed by atoms with Gasteiger partial charge in [0.15, 0.2) is 0 Å². The largest absolute Gasteiger partial charge is 0.324 e. The number of nitrogens with one attached hydrogen (secondary N) is 1. The van der Waals surface area contributed by atoms with Crippen molar-refractivity contribution < 1.29 is 14.4 Å². The van der Waals surface area contributed by atoms with Gasteiger partial charge >= 0.3 is 0 Å². The summed E-state index contributed by atoms with van der Waals surface area (Å²) in [5.41, 5.74) is 5.54. The van der Waals surface area contributed by atoms with E-state index in [0.29, 0.717) is 5.69 Å². The number of benzene rings is 3. The highest BCUT2D eigenvalue weighted by Crippen LogP contribution is 2.69. The van der Waals surface area contributed by atoms with E-state index in [1.807, 2.05) is 80.6 Å². The highest BCUT2D eigenvalue weighted by atomic mass is 35.5. The Kier molecular flexibility index (Phi) is 4.96. The van der Waals surface area contributed by atoms with Crippen LogP contribution in [0.2, 0.25) is 0 Å². The van der Waals surface area contributed by atoms with Gasteiger partial charge in [0, 0.05) is 5.69 Å². The Morgan fingerprint density at radius 3 is 1.69 bits per heavy atom. The number of alkyl halides is 2. The fraction of sp³-hybridized carbons (Fsp3) is 0.276. The second-order valence-electron chi connectivity index (χ2n) is 10.0. The smallest absolute Gasteiger partial charge is 0.247 e. The fourth-order valence-electron chi connectivity index (χ4n) is 6.38. The number of hydrogen-bond donors (Lipinski definition) is 1. The zero-order valence-electron chi connectivity index (χ0n) is 20.0. The number of carbonyl (C=O) groups excluding carboxylic acids is 3. The van der Waals surface area contributed by atoms with Gasteiger partial charge in [0.25, 0.3) is 0 Å². The minimum absolute atomic E-state index is 0.447. The van der Waals surface area contributed by atoms with E-state index in [2.05, 4.69) is 5.32 Å². The van der Waals surface area contributed by atoms with Crippen molar-refractivity contribution >= 4 is 46.6 Å². The van der Waals surface area contributed by atoms with Crippen LogP contribution in [-0.2, 0) is 24.1 Å². The summed E-state index contributed by atoms with van der Waals surface area (Å²) in [5, 5.41) is 2.88. The molecule has 1 saturated heterocycles. The van der Waals surface area contributed by atoms with Crippen LogP contribution in [0.3, 0.4) is 0 Å². The number of amides is 3. The molecule has 0 unspecified atom stereocenters. The summed E-state index contributed by atoms with van der Waals surface area (Å²) in [5.74, 6) is -3.25. The van der Waals surface area contributed by atoms with E-state index >= 15 is 0 Å². The van der Waals surface area contributed by atoms with Gasteiger partial charge in [-0.15, -0.1) is 23.2 Å². The highest BCUT2D eigenvalue weighted by molar-refractivity contribution is 6.36. The monoisotopic (exact) mass is 518 g/mol. The maximum absolute atomic E-state index is 14.0. The predicted octanol–water partition coefficient (Wildman–Crippen LogP) is 5.22. The summed E-state index contributed by atoms with van der Waals surface area (Å²) < 4.78 is 0. The van der Waals surface area contributed by atoms with E-state index in [9.17, 15) is 14.4 Å². The molecule has 3 aliphatic carbocycles. The van der Waals surface area contributed by atoms with E-state index in [1.165, 1.54) is 0 Å². The molecule has 3 aromatic rings. The molecule has 0 saturated carbocycles. The summed E-state index contributed by atoms with van der Waals surface area (Å²) in [6, 6.07) is 19.6. The quantitative estimate of drug-likeness (QED) is 0.381. The Balaban J connectivity index is 1.44. The lowest BCUT2D eigenvalue weighted by molar-refractivity contribution is -0.146. The summed E-state index contributed by atoms with van der Waals surface area (Å²) >= 11 is 14.9. The Hall–Kier alpha value is -3.15. The average Bonchev–Trinajstić information content (AvgIpc) is 3.14. The molecule has 1 aliphatic heterocycles. The van der Waals surface area contributed by atoms with Crippen molar-refractivity contribution in [2.24, 2.45) is 11.8 Å². The van der Waals surface area contributed by atoms with E-state index in [4.69, 9.17) is 23.2 Å². The zero-order chi connectivity index (χ0) is 25.6. The second-order valence-corrected chi connectivity index (χ2v) is 11.2. The second kappa shape index (κ2) is 7.67. The number of aryl methyl sites for hydroxylation is 2. The lowest BCUT2D eigenvalue weighted by Crippen LogP contribution is -2.57. The molecule has 1 heterocycles. The van der Waals surface area contributed by atoms with Gasteiger partial charge in [-0.25, -0.2) is 0 Å². The Morgan fingerprint density at radius 2 is 1.28 bits per heavy atom. The highest BCUT2D eigenvalue weighted by Gasteiger charge is 2.73. The summed E-state index contributed by atoms with van der Waals surface area (Å²) in [7, 11) is 0. The first-order valence-corrected chi connectivity index (χ1v) is 12.7. The van der Waals surface area contributed by atoms with Gasteiger partial charge in [-0.3, -0.25) is 19.3 Å². The number of carbonyl (C=O) groups is 3. The van der Waals surface area contributed by atoms with Crippen molar-refractivity contribution in [3.8, 4) is 0 Å². The Morgan fingerprint density at radius 1 is 0.833 bits per heavy atom. The molecule has 3 atom stereocenters. The molecule has 5 nitrogen and oxygen atoms in total. The minimum Gasteiger partial charge on any atom is -0.324 e. The number of rotatable bonds is 3. The average molecular weight is 519 g/mol. The molecule has 182 valence electrons. The van der Waals surface area contributed by atoms with E-state index in [0.717, 1.165) is 38.3 Å². The topological polar surface area (TPSA) is 66.5 Å². The third-order valence-corrected chi connectivity index (χ3v) is 9.31. The molecule has 4 aliphatic rings. The number of nitrogens with zero attached hydrogens (tertiary/aromatic N) is 1. The molecular formula is C29H24Cl2N2O3. The standard InChI is InChI=1S/C29H24Cl2N2O3/c1-15-12-13-22(16(2)14-15)32-25(34)17(3)33-26(35)23-24(27(33)36)29(31)19-9-5-4-8-18(19)28(23,30)20-10-6-7-11-21(20)29/h4-14,17,23-24H,1-3H3,(H,32,34)/t17-,23-,24+,28?,29?/m0/s1. The van der Waals surface area contributed by atoms with Gasteiger partial charge in [0.05, 0.1) is 11.8 Å². The van der Waals surface area contributed by atoms with E-state index in [1.54, 1.807) is 6.92 Å². The molecule has 1 fully saturated rings. The molecule has 0 aromatic heterocycles. The number of likely N-dealkylation sites (tertiary alicyclic amines) is 1. The zero-order valence-corrected chi connectivity index (χ0v) is 21.5. The number of imide groups is 1. The van der Waals surface area contributed by atoms with Crippen molar-refractivity contribution in [3.63, 3.8) is 0 Å². The normalized spacial score (nSPS) is 28.4. The van der Waals surface area contributed by atoms with E-state index in [-0.39, 0.29) is 0 Å². The van der Waals surface area contributed by atoms with Crippen LogP contribution in [0, 0.1) is 25.7 Å². The van der Waals surface area contributed by atoms with Gasteiger partial charge < -0.3 is 5.32 Å². The lowest BCUT2D eigenvalue weighted by atomic mass is 9.54. The SMILES string of the molecule is Cc1ccc(NC(=O)[C@H](C)N2C(=O)[C@@H]3[C@H](C2=O)C2(Cl)c4ccccc4C3(Cl)c3ccccc32)c(C)c1. The predicted molar refractivity (Wildman–Crippen MR) is 139 cm³/mol. The first-order valence-electron chi connectivity index (χ1n) is 11.9. The molecule has 3 amide bonds. The van der Waals surface area contributed by atoms with Crippen LogP contribution in [0.4, 0.5) is 5.69 Å². The van der Waals surface area contributed by atoms with Crippen molar-refractivity contribution in [2.75, 3.05) is 5.32 Å². The van der Waals surface area contributed by atoms with Crippen LogP contribution in [0.25, 0.3) is 0 Å². The summed E-state index contributed by atoms with van der Waals surface area (Å²) in [6.45, 7) is 5.43. The van der Waals surface area contributed by atoms with Gasteiger partial charge in [0.2, 0.25) is 17.7 Å². The first-order chi connectivity index (χ1) is 17.1. The van der Waals surface area contributed by atoms with Crippen molar-refractivity contribution in [1.82, 2.24) is 4.90 Å². The Bertz CT molecular complexity index is 1360. The van der Waals surface area contributed by atoms with Gasteiger partial charge in [-0.1, -0.05) is 66.2 Å². The van der Waals surface area contributed by atoms with Gasteiger partial charge in [-0.05, 0) is 54.7 Å². The summed E-state index contributed by atoms with van der Waals surface area (Å²) in [4.78, 5) is 39.8. The van der Waals surface area contributed by atoms with Crippen molar-refractivity contribution in [2.45, 2.75) is 36.6 Å². The molecule has 3 aromatic carbocycles. The Labute approximate surface area is 219 Å². The molecule has 7 rings (SSSR count). The molecule has 36 heavy (non-hydrogen) atoms. The maximum atomic E-state index is 14.0. The number of anilines is 1. The molecule has 7 heteroatoms. The third kappa shape index (κ3) is 2.76. The van der Waals surface area contributed by atoms with Crippen LogP contribution in [0.1, 0.15) is 40.3 Å².